The van der Waals surface area contributed by atoms with Crippen molar-refractivity contribution in [2.75, 3.05) is 5.32 Å². The number of aromatic nitrogens is 1. The summed E-state index contributed by atoms with van der Waals surface area (Å²) in [6, 6.07) is 20.9. The molecule has 1 heterocycles. The van der Waals surface area contributed by atoms with Gasteiger partial charge in [-0.05, 0) is 53.9 Å². The summed E-state index contributed by atoms with van der Waals surface area (Å²) in [5, 5.41) is 3.91. The molecular formula is C25H23ClN2O3S. The van der Waals surface area contributed by atoms with Crippen molar-refractivity contribution in [3.8, 4) is 0 Å². The van der Waals surface area contributed by atoms with Crippen LogP contribution in [0.1, 0.15) is 25.3 Å². The van der Waals surface area contributed by atoms with Crippen molar-refractivity contribution in [3.05, 3.63) is 89.6 Å². The lowest BCUT2D eigenvalue weighted by Gasteiger charge is -2.09. The molecule has 0 aliphatic carbocycles. The van der Waals surface area contributed by atoms with Crippen LogP contribution in [0.3, 0.4) is 0 Å². The van der Waals surface area contributed by atoms with Crippen LogP contribution < -0.4 is 5.32 Å². The first-order chi connectivity index (χ1) is 15.3. The lowest BCUT2D eigenvalue weighted by molar-refractivity contribution is -0.116. The second kappa shape index (κ2) is 8.81. The molecule has 0 atom stereocenters. The largest absolute Gasteiger partial charge is 0.337 e. The van der Waals surface area contributed by atoms with Gasteiger partial charge in [0.2, 0.25) is 15.7 Å². The number of rotatable bonds is 6. The average molecular weight is 467 g/mol. The van der Waals surface area contributed by atoms with Crippen LogP contribution in [0, 0.1) is 0 Å². The number of hydrogen-bond donors (Lipinski definition) is 1. The number of nitrogens with one attached hydrogen (secondary N) is 1. The highest BCUT2D eigenvalue weighted by molar-refractivity contribution is 7.91. The van der Waals surface area contributed by atoms with Crippen molar-refractivity contribution in [3.63, 3.8) is 0 Å². The molecule has 0 aliphatic rings. The monoisotopic (exact) mass is 466 g/mol. The molecule has 4 aromatic rings. The van der Waals surface area contributed by atoms with E-state index in [1.165, 1.54) is 23.9 Å². The first kappa shape index (κ1) is 22.1. The Morgan fingerprint density at radius 2 is 1.62 bits per heavy atom. The molecule has 1 aromatic heterocycles. The van der Waals surface area contributed by atoms with Crippen molar-refractivity contribution >= 4 is 43.9 Å². The van der Waals surface area contributed by atoms with Gasteiger partial charge in [0.25, 0.3) is 0 Å². The Morgan fingerprint density at radius 3 is 2.28 bits per heavy atom. The molecule has 0 saturated heterocycles. The molecular weight excluding hydrogens is 444 g/mol. The maximum Gasteiger partial charge on any atom is 0.244 e. The molecule has 0 bridgehead atoms. The van der Waals surface area contributed by atoms with Gasteiger partial charge in [-0.3, -0.25) is 4.79 Å². The predicted molar refractivity (Wildman–Crippen MR) is 128 cm³/mol. The van der Waals surface area contributed by atoms with Gasteiger partial charge < -0.3 is 9.88 Å². The zero-order valence-corrected chi connectivity index (χ0v) is 19.3. The van der Waals surface area contributed by atoms with Crippen molar-refractivity contribution in [2.45, 2.75) is 36.1 Å². The van der Waals surface area contributed by atoms with E-state index in [1.54, 1.807) is 34.9 Å². The summed E-state index contributed by atoms with van der Waals surface area (Å²) in [5.41, 5.74) is 2.56. The van der Waals surface area contributed by atoms with Crippen molar-refractivity contribution in [1.82, 2.24) is 4.57 Å². The van der Waals surface area contributed by atoms with Crippen LogP contribution in [0.4, 0.5) is 5.69 Å². The van der Waals surface area contributed by atoms with E-state index in [1.807, 2.05) is 30.3 Å². The lowest BCUT2D eigenvalue weighted by atomic mass is 10.0. The van der Waals surface area contributed by atoms with Crippen LogP contribution in [-0.2, 0) is 21.2 Å². The molecule has 3 aromatic carbocycles. The second-order valence-electron chi connectivity index (χ2n) is 7.92. The number of sulfone groups is 1. The number of nitrogens with zero attached hydrogens (tertiary/aromatic N) is 1. The number of amides is 1. The van der Waals surface area contributed by atoms with Gasteiger partial charge in [0.15, 0.2) is 0 Å². The minimum Gasteiger partial charge on any atom is -0.337 e. The van der Waals surface area contributed by atoms with Crippen molar-refractivity contribution in [2.24, 2.45) is 0 Å². The number of carbonyl (C=O) groups is 1. The van der Waals surface area contributed by atoms with Gasteiger partial charge in [-0.25, -0.2) is 8.42 Å². The standard InChI is InChI=1S/C25H23ClN2O3S/c1-17(2)18-7-11-20(12-8-18)27-25(29)16-28-15-24(22-5-3-4-6-23(22)28)32(30,31)21-13-9-19(26)10-14-21/h3-15,17H,16H2,1-2H3,(H,27,29). The van der Waals surface area contributed by atoms with E-state index in [0.29, 0.717) is 27.5 Å². The van der Waals surface area contributed by atoms with Crippen molar-refractivity contribution < 1.29 is 13.2 Å². The molecule has 1 amide bonds. The lowest BCUT2D eigenvalue weighted by Crippen LogP contribution is -2.18. The van der Waals surface area contributed by atoms with Gasteiger partial charge in [0, 0.05) is 27.8 Å². The smallest absolute Gasteiger partial charge is 0.244 e. The van der Waals surface area contributed by atoms with Gasteiger partial charge in [0.05, 0.1) is 9.79 Å². The summed E-state index contributed by atoms with van der Waals surface area (Å²) >= 11 is 5.91. The maximum atomic E-state index is 13.3. The number of halogens is 1. The fourth-order valence-electron chi connectivity index (χ4n) is 3.61. The van der Waals surface area contributed by atoms with Gasteiger partial charge >= 0.3 is 0 Å². The van der Waals surface area contributed by atoms with Gasteiger partial charge in [0.1, 0.15) is 6.54 Å². The van der Waals surface area contributed by atoms with Crippen LogP contribution >= 0.6 is 11.6 Å². The summed E-state index contributed by atoms with van der Waals surface area (Å²) in [4.78, 5) is 13.0. The van der Waals surface area contributed by atoms with E-state index in [2.05, 4.69) is 19.2 Å². The van der Waals surface area contributed by atoms with E-state index in [9.17, 15) is 13.2 Å². The third kappa shape index (κ3) is 4.42. The minimum absolute atomic E-state index is 0.0113. The van der Waals surface area contributed by atoms with Crippen LogP contribution in [0.2, 0.25) is 5.02 Å². The Morgan fingerprint density at radius 1 is 0.969 bits per heavy atom. The van der Waals surface area contributed by atoms with Gasteiger partial charge in [-0.2, -0.15) is 0 Å². The Bertz CT molecular complexity index is 1370. The molecule has 0 fully saturated rings. The summed E-state index contributed by atoms with van der Waals surface area (Å²) < 4.78 is 28.2. The zero-order chi connectivity index (χ0) is 22.9. The zero-order valence-electron chi connectivity index (χ0n) is 17.7. The summed E-state index contributed by atoms with van der Waals surface area (Å²) in [5.74, 6) is 0.172. The Labute approximate surface area is 192 Å². The fraction of sp³-hybridized carbons (Fsp3) is 0.160. The molecule has 4 rings (SSSR count). The SMILES string of the molecule is CC(C)c1ccc(NC(=O)Cn2cc(S(=O)(=O)c3ccc(Cl)cc3)c3ccccc32)cc1. The predicted octanol–water partition coefficient (Wildman–Crippen LogP) is 5.89. The number of hydrogen-bond acceptors (Lipinski definition) is 3. The average Bonchev–Trinajstić information content (AvgIpc) is 3.13. The molecule has 0 spiro atoms. The maximum absolute atomic E-state index is 13.3. The Hall–Kier alpha value is -3.09. The third-order valence-corrected chi connectivity index (χ3v) is 7.39. The van der Waals surface area contributed by atoms with E-state index < -0.39 is 9.84 Å². The number of fused-ring (bicyclic) bond motifs is 1. The molecule has 7 heteroatoms. The summed E-state index contributed by atoms with van der Waals surface area (Å²) in [6.07, 6.45) is 1.52. The normalized spacial score (nSPS) is 11.8. The van der Waals surface area contributed by atoms with Crippen LogP contribution in [-0.4, -0.2) is 18.9 Å². The Kier molecular flexibility index (Phi) is 6.09. The highest BCUT2D eigenvalue weighted by Crippen LogP contribution is 2.31. The highest BCUT2D eigenvalue weighted by Gasteiger charge is 2.24. The Balaban J connectivity index is 1.64. The van der Waals surface area contributed by atoms with E-state index in [0.717, 1.165) is 0 Å². The first-order valence-corrected chi connectivity index (χ1v) is 12.1. The fourth-order valence-corrected chi connectivity index (χ4v) is 5.21. The third-order valence-electron chi connectivity index (χ3n) is 5.34. The second-order valence-corrected chi connectivity index (χ2v) is 10.3. The molecule has 0 saturated carbocycles. The molecule has 5 nitrogen and oxygen atoms in total. The van der Waals surface area contributed by atoms with Gasteiger partial charge in [-0.15, -0.1) is 0 Å². The molecule has 0 unspecified atom stereocenters. The van der Waals surface area contributed by atoms with E-state index in [-0.39, 0.29) is 22.2 Å². The van der Waals surface area contributed by atoms with Crippen LogP contribution in [0.5, 0.6) is 0 Å². The minimum atomic E-state index is -3.78. The number of para-hydroxylation sites is 1. The summed E-state index contributed by atoms with van der Waals surface area (Å²) in [6.45, 7) is 4.21. The number of anilines is 1. The molecule has 1 N–H and O–H groups in total. The number of benzene rings is 3. The molecule has 164 valence electrons. The van der Waals surface area contributed by atoms with Gasteiger partial charge in [-0.1, -0.05) is 55.8 Å². The molecule has 32 heavy (non-hydrogen) atoms. The van der Waals surface area contributed by atoms with Crippen LogP contribution in [0.15, 0.2) is 88.8 Å². The molecule has 0 aliphatic heterocycles. The number of carbonyl (C=O) groups excluding carboxylic acids is 1. The van der Waals surface area contributed by atoms with E-state index in [4.69, 9.17) is 11.6 Å². The quantitative estimate of drug-likeness (QED) is 0.385. The summed E-state index contributed by atoms with van der Waals surface area (Å²) in [7, 11) is -3.78. The molecule has 0 radical (unpaired) electrons. The topological polar surface area (TPSA) is 68.2 Å². The highest BCUT2D eigenvalue weighted by atomic mass is 35.5. The van der Waals surface area contributed by atoms with Crippen LogP contribution in [0.25, 0.3) is 10.9 Å². The van der Waals surface area contributed by atoms with E-state index >= 15 is 0 Å². The first-order valence-electron chi connectivity index (χ1n) is 10.2. The van der Waals surface area contributed by atoms with Crippen molar-refractivity contribution in [1.29, 1.82) is 0 Å².